The first-order chi connectivity index (χ1) is 10.3. The van der Waals surface area contributed by atoms with Crippen molar-refractivity contribution in [1.29, 1.82) is 0 Å². The number of anilines is 1. The molecule has 0 atom stereocenters. The van der Waals surface area contributed by atoms with Crippen LogP contribution in [0.15, 0.2) is 40.1 Å². The molecule has 3 aromatic rings. The molecule has 0 spiro atoms. The summed E-state index contributed by atoms with van der Waals surface area (Å²) in [6, 6.07) is 9.61. The summed E-state index contributed by atoms with van der Waals surface area (Å²) in [5.74, 6) is 0.191. The molecule has 2 heterocycles. The Morgan fingerprint density at radius 2 is 2.00 bits per heavy atom. The molecule has 0 fully saturated rings. The van der Waals surface area contributed by atoms with Crippen molar-refractivity contribution in [2.45, 2.75) is 26.4 Å². The van der Waals surface area contributed by atoms with E-state index in [1.165, 1.54) is 11.3 Å². The van der Waals surface area contributed by atoms with E-state index in [1.54, 1.807) is 0 Å². The van der Waals surface area contributed by atoms with E-state index >= 15 is 0 Å². The SMILES string of the molecule is CC(C)(C)OC(=O)c1c(-c2cc3ccccc3o2)csc1N. The number of para-hydroxylation sites is 1. The summed E-state index contributed by atoms with van der Waals surface area (Å²) in [4.78, 5) is 12.4. The van der Waals surface area contributed by atoms with Gasteiger partial charge in [-0.15, -0.1) is 11.3 Å². The topological polar surface area (TPSA) is 65.5 Å². The summed E-state index contributed by atoms with van der Waals surface area (Å²) in [6.07, 6.45) is 0. The first-order valence-corrected chi connectivity index (χ1v) is 7.82. The van der Waals surface area contributed by atoms with Crippen LogP contribution >= 0.6 is 11.3 Å². The van der Waals surface area contributed by atoms with E-state index in [2.05, 4.69) is 0 Å². The zero-order chi connectivity index (χ0) is 15.9. The number of carbonyl (C=O) groups excluding carboxylic acids is 1. The fourth-order valence-corrected chi connectivity index (χ4v) is 3.00. The van der Waals surface area contributed by atoms with Gasteiger partial charge in [-0.3, -0.25) is 0 Å². The van der Waals surface area contributed by atoms with Crippen molar-refractivity contribution in [3.05, 3.63) is 41.3 Å². The number of esters is 1. The molecule has 0 aliphatic heterocycles. The number of thiophene rings is 1. The van der Waals surface area contributed by atoms with Gasteiger partial charge in [-0.05, 0) is 32.9 Å². The lowest BCUT2D eigenvalue weighted by atomic mass is 10.1. The Labute approximate surface area is 132 Å². The van der Waals surface area contributed by atoms with E-state index < -0.39 is 11.6 Å². The minimum Gasteiger partial charge on any atom is -0.456 e. The van der Waals surface area contributed by atoms with E-state index in [1.807, 2.05) is 56.5 Å². The quantitative estimate of drug-likeness (QED) is 0.696. The highest BCUT2D eigenvalue weighted by molar-refractivity contribution is 7.14. The minimum atomic E-state index is -0.573. The van der Waals surface area contributed by atoms with Gasteiger partial charge in [0, 0.05) is 16.3 Å². The number of hydrogen-bond acceptors (Lipinski definition) is 5. The Bertz CT molecular complexity index is 806. The molecule has 4 nitrogen and oxygen atoms in total. The Hall–Kier alpha value is -2.27. The van der Waals surface area contributed by atoms with Gasteiger partial charge in [0.25, 0.3) is 0 Å². The molecule has 1 aromatic carbocycles. The van der Waals surface area contributed by atoms with Crippen LogP contribution in [-0.2, 0) is 4.74 Å². The van der Waals surface area contributed by atoms with Crippen LogP contribution in [0.25, 0.3) is 22.3 Å². The molecule has 2 N–H and O–H groups in total. The van der Waals surface area contributed by atoms with Crippen LogP contribution in [-0.4, -0.2) is 11.6 Å². The Balaban J connectivity index is 2.07. The summed E-state index contributed by atoms with van der Waals surface area (Å²) in [5, 5.41) is 3.24. The molecule has 0 saturated heterocycles. The average molecular weight is 315 g/mol. The van der Waals surface area contributed by atoms with Crippen molar-refractivity contribution in [2.24, 2.45) is 0 Å². The molecule has 0 radical (unpaired) electrons. The van der Waals surface area contributed by atoms with Crippen LogP contribution < -0.4 is 5.73 Å². The molecule has 22 heavy (non-hydrogen) atoms. The number of hydrogen-bond donors (Lipinski definition) is 1. The first-order valence-electron chi connectivity index (χ1n) is 6.94. The van der Waals surface area contributed by atoms with Crippen LogP contribution in [0.3, 0.4) is 0 Å². The molecule has 3 rings (SSSR count). The van der Waals surface area contributed by atoms with Crippen molar-refractivity contribution in [1.82, 2.24) is 0 Å². The van der Waals surface area contributed by atoms with Crippen LogP contribution in [0, 0.1) is 0 Å². The van der Waals surface area contributed by atoms with E-state index in [9.17, 15) is 4.79 Å². The maximum absolute atomic E-state index is 12.4. The number of carbonyl (C=O) groups is 1. The second-order valence-corrected chi connectivity index (χ2v) is 6.95. The molecule has 0 bridgehead atoms. The van der Waals surface area contributed by atoms with E-state index in [0.717, 1.165) is 11.0 Å². The lowest BCUT2D eigenvalue weighted by Gasteiger charge is -2.19. The summed E-state index contributed by atoms with van der Waals surface area (Å²) in [6.45, 7) is 5.48. The number of nitrogen functional groups attached to an aromatic ring is 1. The minimum absolute atomic E-state index is 0.374. The van der Waals surface area contributed by atoms with E-state index in [0.29, 0.717) is 21.9 Å². The maximum Gasteiger partial charge on any atom is 0.342 e. The zero-order valence-corrected chi connectivity index (χ0v) is 13.5. The lowest BCUT2D eigenvalue weighted by molar-refractivity contribution is 0.00720. The van der Waals surface area contributed by atoms with E-state index in [-0.39, 0.29) is 0 Å². The molecular formula is C17H17NO3S. The summed E-state index contributed by atoms with van der Waals surface area (Å²) in [5.41, 5.74) is 7.22. The van der Waals surface area contributed by atoms with Gasteiger partial charge in [0.1, 0.15) is 27.5 Å². The Kier molecular flexibility index (Phi) is 3.45. The van der Waals surface area contributed by atoms with Crippen molar-refractivity contribution in [2.75, 3.05) is 5.73 Å². The third kappa shape index (κ3) is 2.72. The van der Waals surface area contributed by atoms with Gasteiger partial charge >= 0.3 is 5.97 Å². The second-order valence-electron chi connectivity index (χ2n) is 6.04. The molecule has 0 amide bonds. The van der Waals surface area contributed by atoms with Gasteiger partial charge in [-0.2, -0.15) is 0 Å². The van der Waals surface area contributed by atoms with Crippen molar-refractivity contribution >= 4 is 33.3 Å². The molecule has 0 aliphatic rings. The number of benzene rings is 1. The number of nitrogens with two attached hydrogens (primary N) is 1. The molecule has 114 valence electrons. The summed E-state index contributed by atoms with van der Waals surface area (Å²) < 4.78 is 11.3. The Morgan fingerprint density at radius 3 is 2.68 bits per heavy atom. The van der Waals surface area contributed by atoms with Gasteiger partial charge in [0.05, 0.1) is 0 Å². The van der Waals surface area contributed by atoms with Crippen molar-refractivity contribution in [3.8, 4) is 11.3 Å². The summed E-state index contributed by atoms with van der Waals surface area (Å²) >= 11 is 1.31. The molecule has 0 unspecified atom stereocenters. The fraction of sp³-hybridized carbons (Fsp3) is 0.235. The highest BCUT2D eigenvalue weighted by Crippen LogP contribution is 2.37. The molecule has 5 heteroatoms. The average Bonchev–Trinajstić information content (AvgIpc) is 2.99. The molecule has 0 saturated carbocycles. The third-order valence-corrected chi connectivity index (χ3v) is 3.93. The molecule has 0 aliphatic carbocycles. The molecule has 2 aromatic heterocycles. The normalized spacial score (nSPS) is 11.8. The maximum atomic E-state index is 12.4. The highest BCUT2D eigenvalue weighted by Gasteiger charge is 2.26. The number of furan rings is 1. The monoisotopic (exact) mass is 315 g/mol. The number of rotatable bonds is 2. The van der Waals surface area contributed by atoms with E-state index in [4.69, 9.17) is 14.9 Å². The van der Waals surface area contributed by atoms with Gasteiger partial charge in [-0.25, -0.2) is 4.79 Å². The standard InChI is InChI=1S/C17H17NO3S/c1-17(2,3)21-16(19)14-11(9-22-15(14)18)13-8-10-6-4-5-7-12(10)20-13/h4-9H,18H2,1-3H3. The van der Waals surface area contributed by atoms with Crippen LogP contribution in [0.1, 0.15) is 31.1 Å². The smallest absolute Gasteiger partial charge is 0.342 e. The van der Waals surface area contributed by atoms with Gasteiger partial charge < -0.3 is 14.9 Å². The van der Waals surface area contributed by atoms with Gasteiger partial charge in [0.15, 0.2) is 0 Å². The first kappa shape index (κ1) is 14.7. The van der Waals surface area contributed by atoms with Crippen molar-refractivity contribution in [3.63, 3.8) is 0 Å². The Morgan fingerprint density at radius 1 is 1.27 bits per heavy atom. The third-order valence-electron chi connectivity index (χ3n) is 3.11. The number of fused-ring (bicyclic) bond motifs is 1. The fourth-order valence-electron chi connectivity index (χ4n) is 2.21. The highest BCUT2D eigenvalue weighted by atomic mass is 32.1. The van der Waals surface area contributed by atoms with Gasteiger partial charge in [0.2, 0.25) is 0 Å². The van der Waals surface area contributed by atoms with Crippen LogP contribution in [0.5, 0.6) is 0 Å². The summed E-state index contributed by atoms with van der Waals surface area (Å²) in [7, 11) is 0. The second kappa shape index (κ2) is 5.18. The predicted molar refractivity (Wildman–Crippen MR) is 89.1 cm³/mol. The predicted octanol–water partition coefficient (Wildman–Crippen LogP) is 4.70. The zero-order valence-electron chi connectivity index (χ0n) is 12.7. The van der Waals surface area contributed by atoms with Crippen LogP contribution in [0.4, 0.5) is 5.00 Å². The van der Waals surface area contributed by atoms with Gasteiger partial charge in [-0.1, -0.05) is 18.2 Å². The largest absolute Gasteiger partial charge is 0.456 e. The number of ether oxygens (including phenoxy) is 1. The van der Waals surface area contributed by atoms with Crippen LogP contribution in [0.2, 0.25) is 0 Å². The van der Waals surface area contributed by atoms with Crippen molar-refractivity contribution < 1.29 is 13.9 Å². The molecular weight excluding hydrogens is 298 g/mol. The lowest BCUT2D eigenvalue weighted by Crippen LogP contribution is -2.24.